The Balaban J connectivity index is 1.71. The van der Waals surface area contributed by atoms with Crippen LogP contribution in [0.2, 0.25) is 0 Å². The molecule has 25 heavy (non-hydrogen) atoms. The average molecular weight is 347 g/mol. The third kappa shape index (κ3) is 3.77. The molecule has 1 aliphatic heterocycles. The summed E-state index contributed by atoms with van der Waals surface area (Å²) in [6.45, 7) is 8.73. The van der Waals surface area contributed by atoms with Gasteiger partial charge >= 0.3 is 0 Å². The van der Waals surface area contributed by atoms with Crippen LogP contribution in [0, 0.1) is 19.3 Å². The summed E-state index contributed by atoms with van der Waals surface area (Å²) >= 11 is 0. The van der Waals surface area contributed by atoms with E-state index in [2.05, 4.69) is 27.1 Å². The second-order valence-corrected chi connectivity index (χ2v) is 7.71. The van der Waals surface area contributed by atoms with Gasteiger partial charge in [-0.2, -0.15) is 0 Å². The lowest BCUT2D eigenvalue weighted by Crippen LogP contribution is -2.47. The zero-order valence-electron chi connectivity index (χ0n) is 15.6. The first-order chi connectivity index (χ1) is 11.8. The number of anilines is 1. The molecular weight excluding hydrogens is 318 g/mol. The fourth-order valence-corrected chi connectivity index (χ4v) is 3.57. The van der Waals surface area contributed by atoms with E-state index in [1.807, 2.05) is 13.8 Å². The maximum absolute atomic E-state index is 11.5. The number of methoxy groups -OCH3 is 1. The number of hydrogen-bond acceptors (Lipinski definition) is 6. The van der Waals surface area contributed by atoms with Crippen LogP contribution in [-0.2, 0) is 4.74 Å². The number of nitrogens with zero attached hydrogens (tertiary/aromatic N) is 3. The van der Waals surface area contributed by atoms with E-state index in [0.717, 1.165) is 43.2 Å². The number of nitrogens with one attached hydrogen (secondary N) is 1. The number of amides is 1. The molecule has 1 unspecified atom stereocenters. The second kappa shape index (κ2) is 6.88. The highest BCUT2D eigenvalue weighted by atomic mass is 16.5. The number of aromatic nitrogens is 2. The Morgan fingerprint density at radius 1 is 1.44 bits per heavy atom. The molecule has 0 spiro atoms. The largest absolute Gasteiger partial charge is 0.383 e. The number of ether oxygens (including phenoxy) is 1. The fourth-order valence-electron chi connectivity index (χ4n) is 3.57. The van der Waals surface area contributed by atoms with E-state index >= 15 is 0 Å². The van der Waals surface area contributed by atoms with Gasteiger partial charge in [0, 0.05) is 43.5 Å². The molecule has 1 saturated carbocycles. The summed E-state index contributed by atoms with van der Waals surface area (Å²) < 4.78 is 5.42. The Morgan fingerprint density at radius 3 is 2.76 bits per heavy atom. The monoisotopic (exact) mass is 347 g/mol. The lowest BCUT2D eigenvalue weighted by atomic mass is 9.98. The number of carbonyl (C=O) groups is 1. The van der Waals surface area contributed by atoms with E-state index in [1.165, 1.54) is 12.8 Å². The molecule has 1 amide bonds. The summed E-state index contributed by atoms with van der Waals surface area (Å²) in [6, 6.07) is 0.779. The molecule has 7 nitrogen and oxygen atoms in total. The minimum absolute atomic E-state index is 0.0947. The number of primary amides is 1. The molecular formula is C18H29N5O2. The molecule has 2 aliphatic rings. The zero-order chi connectivity index (χ0) is 18.2. The molecule has 0 bridgehead atoms. The highest BCUT2D eigenvalue weighted by molar-refractivity contribution is 5.89. The maximum atomic E-state index is 11.5. The Kier molecular flexibility index (Phi) is 4.97. The minimum Gasteiger partial charge on any atom is -0.383 e. The van der Waals surface area contributed by atoms with Gasteiger partial charge in [0.05, 0.1) is 6.61 Å². The third-order valence-electron chi connectivity index (χ3n) is 5.72. The van der Waals surface area contributed by atoms with Gasteiger partial charge in [-0.25, -0.2) is 9.97 Å². The molecule has 1 aromatic rings. The highest BCUT2D eigenvalue weighted by Gasteiger charge is 2.45. The van der Waals surface area contributed by atoms with Crippen LogP contribution < -0.4 is 16.0 Å². The number of hydrogen-bond donors (Lipinski definition) is 2. The minimum atomic E-state index is -0.583. The van der Waals surface area contributed by atoms with Crippen LogP contribution in [0.25, 0.3) is 0 Å². The molecule has 7 heteroatoms. The van der Waals surface area contributed by atoms with E-state index in [4.69, 9.17) is 10.5 Å². The summed E-state index contributed by atoms with van der Waals surface area (Å²) in [5.41, 5.74) is 7.55. The van der Waals surface area contributed by atoms with Gasteiger partial charge in [-0.05, 0) is 38.5 Å². The normalized spacial score (nSPS) is 22.9. The van der Waals surface area contributed by atoms with Crippen molar-refractivity contribution in [1.82, 2.24) is 15.3 Å². The molecule has 3 N–H and O–H groups in total. The molecule has 2 atom stereocenters. The van der Waals surface area contributed by atoms with Crippen LogP contribution in [0.3, 0.4) is 0 Å². The molecule has 2 fully saturated rings. The number of rotatable bonds is 7. The predicted octanol–water partition coefficient (Wildman–Crippen LogP) is 1.18. The maximum Gasteiger partial charge on any atom is 0.286 e. The van der Waals surface area contributed by atoms with Crippen molar-refractivity contribution in [2.45, 2.75) is 52.1 Å². The van der Waals surface area contributed by atoms with Gasteiger partial charge in [0.25, 0.3) is 5.91 Å². The van der Waals surface area contributed by atoms with Gasteiger partial charge in [-0.15, -0.1) is 0 Å². The van der Waals surface area contributed by atoms with Gasteiger partial charge in [0.2, 0.25) is 5.82 Å². The quantitative estimate of drug-likeness (QED) is 0.769. The van der Waals surface area contributed by atoms with Gasteiger partial charge in [0.1, 0.15) is 5.82 Å². The molecule has 0 radical (unpaired) electrons. The van der Waals surface area contributed by atoms with Crippen molar-refractivity contribution in [3.8, 4) is 0 Å². The average Bonchev–Trinajstić information content (AvgIpc) is 3.14. The standard InChI is InChI=1S/C18H29N5O2/c1-11-12(2)20-16(15(19)24)22-17(11)23-8-5-13(9-23)21-14(10-25-4)18(3)6-7-18/h13-14,21H,5-10H2,1-4H3,(H2,19,24)/t13-,14?/m1/s1. The van der Waals surface area contributed by atoms with Crippen LogP contribution in [0.1, 0.15) is 48.1 Å². The lowest BCUT2D eigenvalue weighted by Gasteiger charge is -2.28. The Labute approximate surface area is 149 Å². The van der Waals surface area contributed by atoms with E-state index in [1.54, 1.807) is 7.11 Å². The molecule has 0 aromatic carbocycles. The van der Waals surface area contributed by atoms with Gasteiger partial charge in [0.15, 0.2) is 0 Å². The summed E-state index contributed by atoms with van der Waals surface area (Å²) in [7, 11) is 1.76. The molecule has 3 rings (SSSR count). The number of aryl methyl sites for hydroxylation is 1. The van der Waals surface area contributed by atoms with E-state index < -0.39 is 5.91 Å². The van der Waals surface area contributed by atoms with Gasteiger partial charge < -0.3 is 20.7 Å². The van der Waals surface area contributed by atoms with Crippen molar-refractivity contribution < 1.29 is 9.53 Å². The first-order valence-electron chi connectivity index (χ1n) is 8.99. The fraction of sp³-hybridized carbons (Fsp3) is 0.722. The van der Waals surface area contributed by atoms with Crippen LogP contribution in [0.4, 0.5) is 5.82 Å². The smallest absolute Gasteiger partial charge is 0.286 e. The van der Waals surface area contributed by atoms with E-state index in [0.29, 0.717) is 17.5 Å². The summed E-state index contributed by atoms with van der Waals surface area (Å²) in [5, 5.41) is 3.79. The SMILES string of the molecule is COCC(N[C@@H]1CCN(c2nc(C(N)=O)nc(C)c2C)C1)C1(C)CC1. The van der Waals surface area contributed by atoms with Crippen LogP contribution in [-0.4, -0.2) is 54.8 Å². The highest BCUT2D eigenvalue weighted by Crippen LogP contribution is 2.48. The Hall–Kier alpha value is -1.73. The van der Waals surface area contributed by atoms with Crippen molar-refractivity contribution in [2.75, 3.05) is 31.7 Å². The summed E-state index contributed by atoms with van der Waals surface area (Å²) in [4.78, 5) is 22.3. The van der Waals surface area contributed by atoms with E-state index in [-0.39, 0.29) is 5.82 Å². The van der Waals surface area contributed by atoms with Gasteiger partial charge in [-0.3, -0.25) is 4.79 Å². The molecule has 138 valence electrons. The molecule has 1 saturated heterocycles. The Morgan fingerprint density at radius 2 is 2.16 bits per heavy atom. The summed E-state index contributed by atoms with van der Waals surface area (Å²) in [6.07, 6.45) is 3.57. The lowest BCUT2D eigenvalue weighted by molar-refractivity contribution is 0.0990. The topological polar surface area (TPSA) is 93.4 Å². The molecule has 1 aliphatic carbocycles. The summed E-state index contributed by atoms with van der Waals surface area (Å²) in [5.74, 6) is 0.337. The van der Waals surface area contributed by atoms with Crippen molar-refractivity contribution in [3.63, 3.8) is 0 Å². The third-order valence-corrected chi connectivity index (χ3v) is 5.72. The molecule has 2 heterocycles. The zero-order valence-corrected chi connectivity index (χ0v) is 15.6. The van der Waals surface area contributed by atoms with Crippen LogP contribution >= 0.6 is 0 Å². The second-order valence-electron chi connectivity index (χ2n) is 7.71. The first-order valence-corrected chi connectivity index (χ1v) is 8.99. The Bertz CT molecular complexity index is 659. The van der Waals surface area contributed by atoms with Gasteiger partial charge in [-0.1, -0.05) is 6.92 Å². The predicted molar refractivity (Wildman–Crippen MR) is 96.8 cm³/mol. The van der Waals surface area contributed by atoms with Crippen molar-refractivity contribution >= 4 is 11.7 Å². The number of carbonyl (C=O) groups excluding carboxylic acids is 1. The first kappa shape index (κ1) is 18.1. The number of nitrogens with two attached hydrogens (primary N) is 1. The molecule has 1 aromatic heterocycles. The van der Waals surface area contributed by atoms with Crippen molar-refractivity contribution in [2.24, 2.45) is 11.1 Å². The van der Waals surface area contributed by atoms with Crippen LogP contribution in [0.15, 0.2) is 0 Å². The van der Waals surface area contributed by atoms with Crippen molar-refractivity contribution in [1.29, 1.82) is 0 Å². The van der Waals surface area contributed by atoms with E-state index in [9.17, 15) is 4.79 Å². The van der Waals surface area contributed by atoms with Crippen LogP contribution in [0.5, 0.6) is 0 Å². The van der Waals surface area contributed by atoms with Crippen molar-refractivity contribution in [3.05, 3.63) is 17.1 Å².